The number of hydrogen-bond acceptors (Lipinski definition) is 5. The maximum atomic E-state index is 13.0. The lowest BCUT2D eigenvalue weighted by Gasteiger charge is -2.33. The number of hydrogen-bond donors (Lipinski definition) is 0. The van der Waals surface area contributed by atoms with Gasteiger partial charge in [0.05, 0.1) is 24.6 Å². The molecule has 6 heteroatoms. The second-order valence-corrected chi connectivity index (χ2v) is 6.32. The van der Waals surface area contributed by atoms with Gasteiger partial charge in [-0.15, -0.1) is 0 Å². The summed E-state index contributed by atoms with van der Waals surface area (Å²) in [5.74, 6) is 2.08. The van der Waals surface area contributed by atoms with Crippen LogP contribution in [-0.2, 0) is 11.2 Å². The van der Waals surface area contributed by atoms with Crippen molar-refractivity contribution < 1.29 is 9.53 Å². The Hall–Kier alpha value is -3.15. The minimum atomic E-state index is -0.00608. The summed E-state index contributed by atoms with van der Waals surface area (Å²) in [6.07, 6.45) is 0.266. The number of rotatable bonds is 3. The second kappa shape index (κ2) is 6.63. The molecule has 0 spiro atoms. The van der Waals surface area contributed by atoms with Gasteiger partial charge in [0.2, 0.25) is 5.91 Å². The van der Waals surface area contributed by atoms with E-state index in [1.165, 1.54) is 0 Å². The van der Waals surface area contributed by atoms with E-state index in [-0.39, 0.29) is 12.3 Å². The predicted molar refractivity (Wildman–Crippen MR) is 102 cm³/mol. The Kier molecular flexibility index (Phi) is 4.16. The molecule has 0 unspecified atom stereocenters. The Morgan fingerprint density at radius 2 is 1.65 bits per heavy atom. The third-order valence-corrected chi connectivity index (χ3v) is 4.65. The van der Waals surface area contributed by atoms with Crippen molar-refractivity contribution in [2.24, 2.45) is 0 Å². The van der Waals surface area contributed by atoms with E-state index in [1.807, 2.05) is 60.5 Å². The van der Waals surface area contributed by atoms with Crippen LogP contribution in [0.1, 0.15) is 5.56 Å². The number of likely N-dealkylation sites (N-methyl/N-ethyl adjacent to an activating group) is 1. The predicted octanol–water partition coefficient (Wildman–Crippen LogP) is 2.66. The van der Waals surface area contributed by atoms with Gasteiger partial charge in [-0.25, -0.2) is 9.97 Å². The zero-order valence-corrected chi connectivity index (χ0v) is 14.8. The fourth-order valence-corrected chi connectivity index (χ4v) is 3.23. The molecule has 0 saturated heterocycles. The van der Waals surface area contributed by atoms with Crippen LogP contribution in [0.25, 0.3) is 11.0 Å². The van der Waals surface area contributed by atoms with Gasteiger partial charge >= 0.3 is 0 Å². The molecule has 0 radical (unpaired) electrons. The van der Waals surface area contributed by atoms with E-state index in [0.29, 0.717) is 12.4 Å². The van der Waals surface area contributed by atoms with Crippen molar-refractivity contribution in [2.45, 2.75) is 6.42 Å². The molecule has 0 bridgehead atoms. The third kappa shape index (κ3) is 2.83. The number of carbonyl (C=O) groups excluding carboxylic acids is 1. The Balaban J connectivity index is 1.71. The minimum absolute atomic E-state index is 0.00608. The normalized spacial score (nSPS) is 13.6. The number of nitrogens with zero attached hydrogens (tertiary/aromatic N) is 4. The van der Waals surface area contributed by atoms with Crippen molar-refractivity contribution in [3.05, 3.63) is 54.1 Å². The number of methoxy groups -OCH3 is 1. The fourth-order valence-electron chi connectivity index (χ4n) is 3.23. The van der Waals surface area contributed by atoms with Crippen LogP contribution in [0.4, 0.5) is 11.6 Å². The van der Waals surface area contributed by atoms with Crippen molar-refractivity contribution in [1.82, 2.24) is 9.97 Å². The number of fused-ring (bicyclic) bond motifs is 2. The number of carbonyl (C=O) groups is 1. The van der Waals surface area contributed by atoms with E-state index in [1.54, 1.807) is 12.0 Å². The molecule has 6 nitrogen and oxygen atoms in total. The molecule has 1 amide bonds. The molecule has 0 aliphatic carbocycles. The van der Waals surface area contributed by atoms with Gasteiger partial charge in [-0.1, -0.05) is 30.3 Å². The van der Waals surface area contributed by atoms with Crippen molar-refractivity contribution in [3.63, 3.8) is 0 Å². The Morgan fingerprint density at radius 3 is 2.38 bits per heavy atom. The van der Waals surface area contributed by atoms with Crippen molar-refractivity contribution >= 4 is 28.6 Å². The first kappa shape index (κ1) is 16.3. The first-order valence-corrected chi connectivity index (χ1v) is 8.57. The van der Waals surface area contributed by atoms with Crippen molar-refractivity contribution in [1.29, 1.82) is 0 Å². The molecule has 2 heterocycles. The number of amides is 1. The van der Waals surface area contributed by atoms with Crippen molar-refractivity contribution in [3.8, 4) is 5.75 Å². The highest BCUT2D eigenvalue weighted by molar-refractivity contribution is 5.98. The molecule has 4 rings (SSSR count). The van der Waals surface area contributed by atoms with Gasteiger partial charge in [0.25, 0.3) is 0 Å². The Morgan fingerprint density at radius 1 is 1.00 bits per heavy atom. The summed E-state index contributed by atoms with van der Waals surface area (Å²) in [4.78, 5) is 26.2. The van der Waals surface area contributed by atoms with Crippen LogP contribution < -0.4 is 14.5 Å². The van der Waals surface area contributed by atoms with Crippen LogP contribution in [-0.4, -0.2) is 43.1 Å². The standard InChI is InChI=1S/C20H20N4O2/c1-23-11-12-24(18(25)13-14-7-3-6-10-17(14)26-2)20-19(23)21-15-8-4-5-9-16(15)22-20/h3-10H,11-13H2,1-2H3. The minimum Gasteiger partial charge on any atom is -0.496 e. The molecular weight excluding hydrogens is 328 g/mol. The molecule has 1 aromatic heterocycles. The van der Waals surface area contributed by atoms with E-state index < -0.39 is 0 Å². The molecule has 0 N–H and O–H groups in total. The molecular formula is C20H20N4O2. The summed E-state index contributed by atoms with van der Waals surface area (Å²) in [6.45, 7) is 1.31. The number of ether oxygens (including phenoxy) is 1. The molecule has 1 aliphatic heterocycles. The number of benzene rings is 2. The topological polar surface area (TPSA) is 58.6 Å². The fraction of sp³-hybridized carbons (Fsp3) is 0.250. The van der Waals surface area contributed by atoms with Crippen LogP contribution in [0.2, 0.25) is 0 Å². The highest BCUT2D eigenvalue weighted by Crippen LogP contribution is 2.31. The van der Waals surface area contributed by atoms with Gasteiger partial charge in [0.1, 0.15) is 5.75 Å². The second-order valence-electron chi connectivity index (χ2n) is 6.32. The molecule has 3 aromatic rings. The maximum absolute atomic E-state index is 13.0. The van der Waals surface area contributed by atoms with Crippen molar-refractivity contribution in [2.75, 3.05) is 37.0 Å². The first-order valence-electron chi connectivity index (χ1n) is 8.57. The van der Waals surface area contributed by atoms with E-state index >= 15 is 0 Å². The lowest BCUT2D eigenvalue weighted by Crippen LogP contribution is -2.44. The van der Waals surface area contributed by atoms with Crippen LogP contribution in [0.15, 0.2) is 48.5 Å². The van der Waals surface area contributed by atoms with Gasteiger partial charge in [0, 0.05) is 25.7 Å². The lowest BCUT2D eigenvalue weighted by atomic mass is 10.1. The van der Waals surface area contributed by atoms with Crippen LogP contribution in [0.3, 0.4) is 0 Å². The van der Waals surface area contributed by atoms with E-state index in [2.05, 4.69) is 0 Å². The third-order valence-electron chi connectivity index (χ3n) is 4.65. The summed E-state index contributed by atoms with van der Waals surface area (Å²) >= 11 is 0. The SMILES string of the molecule is COc1ccccc1CC(=O)N1CCN(C)c2nc3ccccc3nc21. The van der Waals surface area contributed by atoms with Gasteiger partial charge in [-0.05, 0) is 18.2 Å². The smallest absolute Gasteiger partial charge is 0.232 e. The highest BCUT2D eigenvalue weighted by Gasteiger charge is 2.28. The van der Waals surface area contributed by atoms with Gasteiger partial charge < -0.3 is 9.64 Å². The highest BCUT2D eigenvalue weighted by atomic mass is 16.5. The average molecular weight is 348 g/mol. The largest absolute Gasteiger partial charge is 0.496 e. The van der Waals surface area contributed by atoms with Crippen LogP contribution in [0, 0.1) is 0 Å². The molecule has 1 aliphatic rings. The van der Waals surface area contributed by atoms with Gasteiger partial charge in [-0.3, -0.25) is 9.69 Å². The molecule has 2 aromatic carbocycles. The average Bonchev–Trinajstić information content (AvgIpc) is 2.67. The monoisotopic (exact) mass is 348 g/mol. The zero-order chi connectivity index (χ0) is 18.1. The number of para-hydroxylation sites is 3. The quantitative estimate of drug-likeness (QED) is 0.728. The molecule has 0 fully saturated rings. The summed E-state index contributed by atoms with van der Waals surface area (Å²) < 4.78 is 5.37. The molecule has 0 saturated carbocycles. The maximum Gasteiger partial charge on any atom is 0.232 e. The summed E-state index contributed by atoms with van der Waals surface area (Å²) in [6, 6.07) is 15.3. The molecule has 0 atom stereocenters. The number of aromatic nitrogens is 2. The van der Waals surface area contributed by atoms with Gasteiger partial charge in [-0.2, -0.15) is 0 Å². The van der Waals surface area contributed by atoms with Gasteiger partial charge in [0.15, 0.2) is 11.6 Å². The molecule has 132 valence electrons. The lowest BCUT2D eigenvalue weighted by molar-refractivity contribution is -0.118. The van der Waals surface area contributed by atoms with Crippen LogP contribution >= 0.6 is 0 Å². The Bertz CT molecular complexity index is 973. The van der Waals surface area contributed by atoms with E-state index in [4.69, 9.17) is 14.7 Å². The number of anilines is 2. The van der Waals surface area contributed by atoms with Crippen LogP contribution in [0.5, 0.6) is 5.75 Å². The first-order chi connectivity index (χ1) is 12.7. The summed E-state index contributed by atoms with van der Waals surface area (Å²) in [5.41, 5.74) is 2.49. The molecule has 26 heavy (non-hydrogen) atoms. The zero-order valence-electron chi connectivity index (χ0n) is 14.8. The Labute approximate surface area is 152 Å². The summed E-state index contributed by atoms with van der Waals surface area (Å²) in [7, 11) is 3.59. The van der Waals surface area contributed by atoms with E-state index in [9.17, 15) is 4.79 Å². The van der Waals surface area contributed by atoms with E-state index in [0.717, 1.165) is 34.7 Å². The summed E-state index contributed by atoms with van der Waals surface area (Å²) in [5, 5.41) is 0.